The van der Waals surface area contributed by atoms with E-state index in [0.717, 1.165) is 6.42 Å². The molecule has 2 rings (SSSR count). The summed E-state index contributed by atoms with van der Waals surface area (Å²) in [4.78, 5) is 7.56. The van der Waals surface area contributed by atoms with Crippen molar-refractivity contribution in [3.05, 3.63) is 17.7 Å². The van der Waals surface area contributed by atoms with Crippen molar-refractivity contribution in [3.63, 3.8) is 0 Å². The largest absolute Gasteiger partial charge is 0.246 e. The maximum absolute atomic E-state index is 12.4. The predicted octanol–water partition coefficient (Wildman–Crippen LogP) is 1.80. The third-order valence-electron chi connectivity index (χ3n) is 3.07. The molecule has 2 unspecified atom stereocenters. The number of piperidine rings is 1. The maximum atomic E-state index is 12.4. The fourth-order valence-electron chi connectivity index (χ4n) is 2.38. The van der Waals surface area contributed by atoms with Gasteiger partial charge in [0.25, 0.3) is 0 Å². The molecule has 1 aliphatic rings. The molecule has 2 heterocycles. The Labute approximate surface area is 112 Å². The van der Waals surface area contributed by atoms with Gasteiger partial charge in [-0.2, -0.15) is 4.31 Å². The Hall–Kier alpha value is -0.720. The molecule has 1 aliphatic heterocycles. The van der Waals surface area contributed by atoms with Crippen LogP contribution in [0.15, 0.2) is 17.3 Å². The van der Waals surface area contributed by atoms with Crippen LogP contribution in [0, 0.1) is 11.8 Å². The molecule has 18 heavy (non-hydrogen) atoms. The Morgan fingerprint density at radius 2 is 1.72 bits per heavy atom. The van der Waals surface area contributed by atoms with Gasteiger partial charge >= 0.3 is 0 Å². The van der Waals surface area contributed by atoms with Crippen LogP contribution >= 0.6 is 11.6 Å². The lowest BCUT2D eigenvalue weighted by molar-refractivity contribution is 0.222. The third-order valence-corrected chi connectivity index (χ3v) is 5.05. The van der Waals surface area contributed by atoms with E-state index in [1.165, 1.54) is 16.7 Å². The lowest BCUT2D eigenvalue weighted by atomic mass is 9.94. The maximum Gasteiger partial charge on any atom is 0.246 e. The van der Waals surface area contributed by atoms with Crippen molar-refractivity contribution in [2.75, 3.05) is 13.1 Å². The second-order valence-electron chi connectivity index (χ2n) is 4.96. The Kier molecular flexibility index (Phi) is 3.89. The van der Waals surface area contributed by atoms with E-state index in [2.05, 4.69) is 23.8 Å². The van der Waals surface area contributed by atoms with Crippen LogP contribution < -0.4 is 0 Å². The fourth-order valence-corrected chi connectivity index (χ4v) is 4.05. The van der Waals surface area contributed by atoms with E-state index in [1.807, 2.05) is 0 Å². The van der Waals surface area contributed by atoms with E-state index < -0.39 is 10.0 Å². The van der Waals surface area contributed by atoms with Gasteiger partial charge in [0.2, 0.25) is 15.3 Å². The summed E-state index contributed by atoms with van der Waals surface area (Å²) in [7, 11) is -3.49. The minimum absolute atomic E-state index is 0.0503. The number of hydrogen-bond donors (Lipinski definition) is 0. The van der Waals surface area contributed by atoms with Crippen LogP contribution in [0.25, 0.3) is 0 Å². The van der Waals surface area contributed by atoms with Gasteiger partial charge in [0.15, 0.2) is 0 Å². The summed E-state index contributed by atoms with van der Waals surface area (Å²) in [6.07, 6.45) is 3.58. The van der Waals surface area contributed by atoms with Gasteiger partial charge in [-0.15, -0.1) is 0 Å². The third kappa shape index (κ3) is 2.81. The molecule has 1 aromatic rings. The molecule has 0 saturated carbocycles. The highest BCUT2D eigenvalue weighted by molar-refractivity contribution is 7.89. The summed E-state index contributed by atoms with van der Waals surface area (Å²) in [5, 5.41) is 0.0503. The van der Waals surface area contributed by atoms with E-state index >= 15 is 0 Å². The second kappa shape index (κ2) is 5.11. The molecule has 0 radical (unpaired) electrons. The van der Waals surface area contributed by atoms with Gasteiger partial charge in [-0.25, -0.2) is 18.4 Å². The Bertz CT molecular complexity index is 508. The Morgan fingerprint density at radius 1 is 1.22 bits per heavy atom. The van der Waals surface area contributed by atoms with Gasteiger partial charge in [0, 0.05) is 13.1 Å². The monoisotopic (exact) mass is 289 g/mol. The van der Waals surface area contributed by atoms with E-state index in [9.17, 15) is 8.42 Å². The van der Waals surface area contributed by atoms with Gasteiger partial charge in [-0.05, 0) is 29.9 Å². The summed E-state index contributed by atoms with van der Waals surface area (Å²) in [6, 6.07) is 0. The van der Waals surface area contributed by atoms with Gasteiger partial charge < -0.3 is 0 Å². The van der Waals surface area contributed by atoms with Gasteiger partial charge in [-0.1, -0.05) is 13.8 Å². The number of halogens is 1. The first kappa shape index (κ1) is 13.7. The van der Waals surface area contributed by atoms with Crippen molar-refractivity contribution in [2.24, 2.45) is 11.8 Å². The van der Waals surface area contributed by atoms with Crippen LogP contribution in [0.2, 0.25) is 5.28 Å². The fraction of sp³-hybridized carbons (Fsp3) is 0.636. The molecule has 0 spiro atoms. The molecule has 2 atom stereocenters. The molecule has 7 heteroatoms. The smallest absolute Gasteiger partial charge is 0.225 e. The van der Waals surface area contributed by atoms with E-state index in [4.69, 9.17) is 11.6 Å². The first-order chi connectivity index (χ1) is 8.39. The number of sulfonamides is 1. The van der Waals surface area contributed by atoms with Gasteiger partial charge in [0.1, 0.15) is 4.90 Å². The van der Waals surface area contributed by atoms with Crippen molar-refractivity contribution in [3.8, 4) is 0 Å². The zero-order chi connectivity index (χ0) is 13.3. The van der Waals surface area contributed by atoms with E-state index in [-0.39, 0.29) is 10.2 Å². The van der Waals surface area contributed by atoms with Crippen molar-refractivity contribution in [1.29, 1.82) is 0 Å². The number of hydrogen-bond acceptors (Lipinski definition) is 4. The standard InChI is InChI=1S/C11H16ClN3O2S/c1-8-3-9(2)7-15(6-8)18(16,17)10-4-13-11(12)14-5-10/h4-5,8-9H,3,6-7H2,1-2H3. The van der Waals surface area contributed by atoms with Crippen LogP contribution in [-0.2, 0) is 10.0 Å². The Balaban J connectivity index is 2.28. The number of aromatic nitrogens is 2. The van der Waals surface area contributed by atoms with Gasteiger partial charge in [-0.3, -0.25) is 0 Å². The summed E-state index contributed by atoms with van der Waals surface area (Å²) in [6.45, 7) is 5.23. The average molecular weight is 290 g/mol. The van der Waals surface area contributed by atoms with Crippen LogP contribution in [-0.4, -0.2) is 35.8 Å². The second-order valence-corrected chi connectivity index (χ2v) is 7.23. The van der Waals surface area contributed by atoms with Crippen molar-refractivity contribution in [2.45, 2.75) is 25.2 Å². The SMILES string of the molecule is CC1CC(C)CN(S(=O)(=O)c2cnc(Cl)nc2)C1. The van der Waals surface area contributed by atoms with Gasteiger partial charge in [0.05, 0.1) is 12.4 Å². The van der Waals surface area contributed by atoms with Crippen LogP contribution in [0.5, 0.6) is 0 Å². The first-order valence-corrected chi connectivity index (χ1v) is 7.69. The molecule has 0 aromatic carbocycles. The molecule has 0 N–H and O–H groups in total. The number of rotatable bonds is 2. The molecular weight excluding hydrogens is 274 g/mol. The summed E-state index contributed by atoms with van der Waals surface area (Å²) >= 11 is 5.56. The zero-order valence-corrected chi connectivity index (χ0v) is 11.9. The minimum Gasteiger partial charge on any atom is -0.225 e. The molecule has 0 aliphatic carbocycles. The predicted molar refractivity (Wildman–Crippen MR) is 68.7 cm³/mol. The van der Waals surface area contributed by atoms with Crippen LogP contribution in [0.1, 0.15) is 20.3 Å². The quantitative estimate of drug-likeness (QED) is 0.779. The first-order valence-electron chi connectivity index (χ1n) is 5.87. The van der Waals surface area contributed by atoms with Crippen molar-refractivity contribution in [1.82, 2.24) is 14.3 Å². The summed E-state index contributed by atoms with van der Waals surface area (Å²) in [5.41, 5.74) is 0. The van der Waals surface area contributed by atoms with Crippen LogP contribution in [0.4, 0.5) is 0 Å². The molecule has 0 amide bonds. The molecule has 5 nitrogen and oxygen atoms in total. The highest BCUT2D eigenvalue weighted by atomic mass is 35.5. The molecule has 1 fully saturated rings. The van der Waals surface area contributed by atoms with E-state index in [1.54, 1.807) is 0 Å². The summed E-state index contributed by atoms with van der Waals surface area (Å²) < 4.78 is 26.3. The highest BCUT2D eigenvalue weighted by Gasteiger charge is 2.31. The molecule has 0 bridgehead atoms. The topological polar surface area (TPSA) is 63.2 Å². The molecule has 1 aromatic heterocycles. The van der Waals surface area contributed by atoms with E-state index in [0.29, 0.717) is 24.9 Å². The minimum atomic E-state index is -3.49. The average Bonchev–Trinajstić information content (AvgIpc) is 2.28. The lowest BCUT2D eigenvalue weighted by Crippen LogP contribution is -2.42. The van der Waals surface area contributed by atoms with Crippen molar-refractivity contribution < 1.29 is 8.42 Å². The lowest BCUT2D eigenvalue weighted by Gasteiger charge is -2.33. The van der Waals surface area contributed by atoms with Crippen molar-refractivity contribution >= 4 is 21.6 Å². The zero-order valence-electron chi connectivity index (χ0n) is 10.4. The summed E-state index contributed by atoms with van der Waals surface area (Å²) in [5.74, 6) is 0.744. The molecule has 100 valence electrons. The number of nitrogens with zero attached hydrogens (tertiary/aromatic N) is 3. The molecular formula is C11H16ClN3O2S. The normalized spacial score (nSPS) is 26.2. The van der Waals surface area contributed by atoms with Crippen LogP contribution in [0.3, 0.4) is 0 Å². The Morgan fingerprint density at radius 3 is 2.22 bits per heavy atom. The molecule has 1 saturated heterocycles. The highest BCUT2D eigenvalue weighted by Crippen LogP contribution is 2.26.